The van der Waals surface area contributed by atoms with Gasteiger partial charge in [0, 0.05) is 0 Å². The van der Waals surface area contributed by atoms with E-state index in [4.69, 9.17) is 0 Å². The number of ether oxygens (including phenoxy) is 1. The van der Waals surface area contributed by atoms with Crippen LogP contribution in [0.25, 0.3) is 0 Å². The summed E-state index contributed by atoms with van der Waals surface area (Å²) in [4.78, 5) is 25.4. The predicted octanol–water partition coefficient (Wildman–Crippen LogP) is 0.706. The molecule has 0 aromatic rings. The van der Waals surface area contributed by atoms with Crippen LogP contribution < -0.4 is 5.32 Å². The Labute approximate surface area is 108 Å². The summed E-state index contributed by atoms with van der Waals surface area (Å²) >= 11 is 0. The molecule has 1 amide bonds. The van der Waals surface area contributed by atoms with Crippen LogP contribution in [-0.2, 0) is 14.3 Å². The van der Waals surface area contributed by atoms with Gasteiger partial charge in [0.15, 0.2) is 0 Å². The summed E-state index contributed by atoms with van der Waals surface area (Å²) in [6.07, 6.45) is 5.17. The van der Waals surface area contributed by atoms with E-state index in [-0.39, 0.29) is 12.5 Å². The van der Waals surface area contributed by atoms with Crippen molar-refractivity contribution in [1.82, 2.24) is 10.2 Å². The summed E-state index contributed by atoms with van der Waals surface area (Å²) in [5, 5.41) is 2.67. The van der Waals surface area contributed by atoms with Gasteiger partial charge in [-0.3, -0.25) is 14.5 Å². The van der Waals surface area contributed by atoms with E-state index < -0.39 is 11.5 Å². The lowest BCUT2D eigenvalue weighted by Crippen LogP contribution is -2.54. The van der Waals surface area contributed by atoms with Gasteiger partial charge in [-0.2, -0.15) is 0 Å². The highest BCUT2D eigenvalue weighted by Gasteiger charge is 2.44. The van der Waals surface area contributed by atoms with Gasteiger partial charge in [-0.05, 0) is 39.3 Å². The van der Waals surface area contributed by atoms with Crippen LogP contribution in [0, 0.1) is 0 Å². The molecule has 1 aliphatic rings. The van der Waals surface area contributed by atoms with Gasteiger partial charge in [0.2, 0.25) is 5.91 Å². The Kier molecular flexibility index (Phi) is 5.34. The Hall–Kier alpha value is -1.36. The van der Waals surface area contributed by atoms with E-state index in [1.807, 2.05) is 13.1 Å². The van der Waals surface area contributed by atoms with Crippen molar-refractivity contribution >= 4 is 11.9 Å². The fourth-order valence-electron chi connectivity index (χ4n) is 2.46. The van der Waals surface area contributed by atoms with E-state index in [1.54, 1.807) is 0 Å². The van der Waals surface area contributed by atoms with Crippen LogP contribution >= 0.6 is 0 Å². The zero-order valence-electron chi connectivity index (χ0n) is 11.2. The highest BCUT2D eigenvalue weighted by molar-refractivity contribution is 5.89. The zero-order valence-corrected chi connectivity index (χ0v) is 11.2. The molecule has 0 aromatic heterocycles. The highest BCUT2D eigenvalue weighted by Crippen LogP contribution is 2.32. The van der Waals surface area contributed by atoms with Gasteiger partial charge in [-0.1, -0.05) is 6.08 Å². The smallest absolute Gasteiger partial charge is 0.325 e. The Morgan fingerprint density at radius 3 is 2.78 bits per heavy atom. The third-order valence-electron chi connectivity index (χ3n) is 3.62. The number of methoxy groups -OCH3 is 1. The van der Waals surface area contributed by atoms with Crippen LogP contribution in [0.3, 0.4) is 0 Å². The molecular weight excluding hydrogens is 232 g/mol. The number of amides is 1. The van der Waals surface area contributed by atoms with E-state index >= 15 is 0 Å². The number of nitrogens with zero attached hydrogens (tertiary/aromatic N) is 1. The number of likely N-dealkylation sites (tertiary alicyclic amines) is 1. The summed E-state index contributed by atoms with van der Waals surface area (Å²) < 4.78 is 4.52. The van der Waals surface area contributed by atoms with Crippen LogP contribution in [0.15, 0.2) is 12.7 Å². The van der Waals surface area contributed by atoms with Crippen LogP contribution in [0.1, 0.15) is 25.7 Å². The minimum atomic E-state index is -0.498. The molecule has 1 N–H and O–H groups in total. The summed E-state index contributed by atoms with van der Waals surface area (Å²) in [6.45, 7) is 4.54. The van der Waals surface area contributed by atoms with Gasteiger partial charge in [0.25, 0.3) is 0 Å². The number of carbonyl (C=O) groups excluding carboxylic acids is 2. The molecule has 5 nitrogen and oxygen atoms in total. The topological polar surface area (TPSA) is 58.6 Å². The van der Waals surface area contributed by atoms with Crippen LogP contribution in [0.5, 0.6) is 0 Å². The average molecular weight is 254 g/mol. The Bertz CT molecular complexity index is 330. The second-order valence-electron chi connectivity index (χ2n) is 4.64. The van der Waals surface area contributed by atoms with Crippen molar-refractivity contribution in [3.05, 3.63) is 12.7 Å². The normalized spacial score (nSPS) is 23.7. The first-order valence-electron chi connectivity index (χ1n) is 6.24. The van der Waals surface area contributed by atoms with Gasteiger partial charge in [-0.25, -0.2) is 0 Å². The first-order valence-corrected chi connectivity index (χ1v) is 6.24. The van der Waals surface area contributed by atoms with Crippen molar-refractivity contribution in [2.45, 2.75) is 31.2 Å². The van der Waals surface area contributed by atoms with Gasteiger partial charge in [-0.15, -0.1) is 6.58 Å². The van der Waals surface area contributed by atoms with Crippen molar-refractivity contribution in [3.8, 4) is 0 Å². The number of esters is 1. The summed E-state index contributed by atoms with van der Waals surface area (Å²) in [5.74, 6) is -0.516. The first kappa shape index (κ1) is 14.7. The fraction of sp³-hybridized carbons (Fsp3) is 0.692. The zero-order chi connectivity index (χ0) is 13.6. The molecule has 0 spiro atoms. The molecule has 5 heteroatoms. The third-order valence-corrected chi connectivity index (χ3v) is 3.62. The maximum Gasteiger partial charge on any atom is 0.325 e. The maximum absolute atomic E-state index is 12.3. The van der Waals surface area contributed by atoms with Gasteiger partial charge >= 0.3 is 5.97 Å². The van der Waals surface area contributed by atoms with E-state index in [0.717, 1.165) is 32.2 Å². The van der Waals surface area contributed by atoms with E-state index in [0.29, 0.717) is 0 Å². The molecule has 1 fully saturated rings. The van der Waals surface area contributed by atoms with Gasteiger partial charge in [0.1, 0.15) is 12.1 Å². The fourth-order valence-corrected chi connectivity index (χ4v) is 2.46. The molecule has 1 heterocycles. The predicted molar refractivity (Wildman–Crippen MR) is 69.1 cm³/mol. The van der Waals surface area contributed by atoms with E-state index in [9.17, 15) is 9.59 Å². The Balaban J connectivity index is 2.67. The minimum absolute atomic E-state index is 0.0704. The number of allylic oxidation sites excluding steroid dienone is 1. The Morgan fingerprint density at radius 1 is 1.56 bits per heavy atom. The molecule has 18 heavy (non-hydrogen) atoms. The average Bonchev–Trinajstić information content (AvgIpc) is 2.75. The second kappa shape index (κ2) is 6.54. The van der Waals surface area contributed by atoms with Crippen molar-refractivity contribution in [1.29, 1.82) is 0 Å². The number of rotatable bonds is 6. The van der Waals surface area contributed by atoms with Crippen molar-refractivity contribution in [2.75, 3.05) is 27.2 Å². The molecule has 102 valence electrons. The number of hydrogen-bond acceptors (Lipinski definition) is 4. The quantitative estimate of drug-likeness (QED) is 0.560. The standard InChI is InChI=1S/C13H22N2O3/c1-4-5-7-13(8-6-9-15(13)2)12(17)14-10-11(16)18-3/h4H,1,5-10H2,2-3H3,(H,14,17)/t13-/m0/s1. The minimum Gasteiger partial charge on any atom is -0.468 e. The van der Waals surface area contributed by atoms with Gasteiger partial charge in [0.05, 0.1) is 7.11 Å². The molecule has 1 aliphatic heterocycles. The van der Waals surface area contributed by atoms with Crippen molar-refractivity contribution in [3.63, 3.8) is 0 Å². The molecule has 0 aromatic carbocycles. The number of carbonyl (C=O) groups is 2. The lowest BCUT2D eigenvalue weighted by Gasteiger charge is -2.34. The molecule has 1 rings (SSSR count). The SMILES string of the molecule is C=CCC[C@@]1(C(=O)NCC(=O)OC)CCCN1C. The number of hydrogen-bond donors (Lipinski definition) is 1. The Morgan fingerprint density at radius 2 is 2.28 bits per heavy atom. The molecule has 0 aliphatic carbocycles. The monoisotopic (exact) mass is 254 g/mol. The molecule has 0 radical (unpaired) electrons. The summed E-state index contributed by atoms with van der Waals surface area (Å²) in [7, 11) is 3.26. The second-order valence-corrected chi connectivity index (χ2v) is 4.64. The van der Waals surface area contributed by atoms with Gasteiger partial charge < -0.3 is 10.1 Å². The molecule has 0 unspecified atom stereocenters. The third kappa shape index (κ3) is 3.10. The van der Waals surface area contributed by atoms with Crippen LogP contribution in [0.2, 0.25) is 0 Å². The largest absolute Gasteiger partial charge is 0.468 e. The van der Waals surface area contributed by atoms with E-state index in [2.05, 4.69) is 21.5 Å². The molecule has 0 bridgehead atoms. The number of likely N-dealkylation sites (N-methyl/N-ethyl adjacent to an activating group) is 1. The van der Waals surface area contributed by atoms with Crippen LogP contribution in [-0.4, -0.2) is 49.6 Å². The van der Waals surface area contributed by atoms with Crippen molar-refractivity contribution < 1.29 is 14.3 Å². The first-order chi connectivity index (χ1) is 8.56. The molecular formula is C13H22N2O3. The molecule has 1 atom stereocenters. The highest BCUT2D eigenvalue weighted by atomic mass is 16.5. The van der Waals surface area contributed by atoms with E-state index in [1.165, 1.54) is 7.11 Å². The van der Waals surface area contributed by atoms with Crippen molar-refractivity contribution in [2.24, 2.45) is 0 Å². The summed E-state index contributed by atoms with van der Waals surface area (Å²) in [6, 6.07) is 0. The summed E-state index contributed by atoms with van der Waals surface area (Å²) in [5.41, 5.74) is -0.498. The lowest BCUT2D eigenvalue weighted by molar-refractivity contribution is -0.142. The number of nitrogens with one attached hydrogen (secondary N) is 1. The maximum atomic E-state index is 12.3. The molecule has 0 saturated carbocycles. The van der Waals surface area contributed by atoms with Crippen LogP contribution in [0.4, 0.5) is 0 Å². The lowest BCUT2D eigenvalue weighted by atomic mass is 9.89. The molecule has 1 saturated heterocycles.